The lowest BCUT2D eigenvalue weighted by atomic mass is 9.94. The van der Waals surface area contributed by atoms with Gasteiger partial charge in [0.25, 0.3) is 0 Å². The van der Waals surface area contributed by atoms with E-state index >= 15 is 0 Å². The third-order valence-electron chi connectivity index (χ3n) is 4.65. The summed E-state index contributed by atoms with van der Waals surface area (Å²) in [6, 6.07) is 15.4. The molecule has 5 heteroatoms. The molecule has 1 N–H and O–H groups in total. The van der Waals surface area contributed by atoms with E-state index in [-0.39, 0.29) is 6.03 Å². The van der Waals surface area contributed by atoms with Crippen molar-refractivity contribution in [1.82, 2.24) is 4.90 Å². The molecule has 1 unspecified atom stereocenters. The van der Waals surface area contributed by atoms with Crippen molar-refractivity contribution in [2.24, 2.45) is 0 Å². The Kier molecular flexibility index (Phi) is 5.82. The highest BCUT2D eigenvalue weighted by Gasteiger charge is 2.23. The summed E-state index contributed by atoms with van der Waals surface area (Å²) >= 11 is 5.99. The zero-order valence-electron chi connectivity index (χ0n) is 14.4. The molecule has 1 fully saturated rings. The Morgan fingerprint density at radius 3 is 2.68 bits per heavy atom. The third kappa shape index (κ3) is 4.45. The van der Waals surface area contributed by atoms with Gasteiger partial charge in [0, 0.05) is 24.0 Å². The number of carbonyl (C=O) groups excluding carboxylic acids is 1. The zero-order valence-corrected chi connectivity index (χ0v) is 15.1. The van der Waals surface area contributed by atoms with Crippen LogP contribution in [0.2, 0.25) is 5.02 Å². The number of urea groups is 1. The Morgan fingerprint density at radius 2 is 1.92 bits per heavy atom. The maximum atomic E-state index is 12.8. The van der Waals surface area contributed by atoms with Crippen LogP contribution in [-0.4, -0.2) is 31.1 Å². The molecule has 0 aromatic heterocycles. The van der Waals surface area contributed by atoms with Gasteiger partial charge >= 0.3 is 6.03 Å². The van der Waals surface area contributed by atoms with Crippen LogP contribution in [0.4, 0.5) is 10.5 Å². The quantitative estimate of drug-likeness (QED) is 0.824. The van der Waals surface area contributed by atoms with Crippen molar-refractivity contribution in [3.05, 3.63) is 59.1 Å². The van der Waals surface area contributed by atoms with Crippen LogP contribution in [0.3, 0.4) is 0 Å². The Morgan fingerprint density at radius 1 is 1.16 bits per heavy atom. The van der Waals surface area contributed by atoms with E-state index in [0.717, 1.165) is 30.8 Å². The van der Waals surface area contributed by atoms with Crippen molar-refractivity contribution in [3.63, 3.8) is 0 Å². The van der Waals surface area contributed by atoms with Crippen molar-refractivity contribution in [2.45, 2.75) is 25.2 Å². The Balaban J connectivity index is 1.72. The van der Waals surface area contributed by atoms with Gasteiger partial charge in [-0.1, -0.05) is 42.3 Å². The smallest absolute Gasteiger partial charge is 0.321 e. The van der Waals surface area contributed by atoms with Crippen molar-refractivity contribution >= 4 is 23.3 Å². The van der Waals surface area contributed by atoms with Crippen LogP contribution >= 0.6 is 11.6 Å². The highest BCUT2D eigenvalue weighted by atomic mass is 35.5. The fourth-order valence-electron chi connectivity index (χ4n) is 3.28. The second-order valence-corrected chi connectivity index (χ2v) is 6.76. The number of benzene rings is 2. The van der Waals surface area contributed by atoms with Crippen molar-refractivity contribution in [3.8, 4) is 5.75 Å². The van der Waals surface area contributed by atoms with Gasteiger partial charge in [-0.25, -0.2) is 4.79 Å². The molecule has 1 atom stereocenters. The minimum Gasteiger partial charge on any atom is -0.495 e. The van der Waals surface area contributed by atoms with E-state index in [9.17, 15) is 4.79 Å². The van der Waals surface area contributed by atoms with Gasteiger partial charge in [-0.3, -0.25) is 0 Å². The molecule has 1 aliphatic heterocycles. The second kappa shape index (κ2) is 8.26. The normalized spacial score (nSPS) is 17.7. The molecular formula is C20H23ClN2O2. The van der Waals surface area contributed by atoms with Gasteiger partial charge in [0.05, 0.1) is 12.8 Å². The van der Waals surface area contributed by atoms with Gasteiger partial charge in [0.15, 0.2) is 0 Å². The van der Waals surface area contributed by atoms with Crippen LogP contribution in [0.1, 0.15) is 30.7 Å². The van der Waals surface area contributed by atoms with Gasteiger partial charge in [-0.2, -0.15) is 0 Å². The van der Waals surface area contributed by atoms with E-state index in [2.05, 4.69) is 17.4 Å². The molecule has 1 saturated heterocycles. The molecule has 4 nitrogen and oxygen atoms in total. The van der Waals surface area contributed by atoms with Crippen LogP contribution < -0.4 is 10.1 Å². The maximum Gasteiger partial charge on any atom is 0.321 e. The summed E-state index contributed by atoms with van der Waals surface area (Å²) in [5.41, 5.74) is 1.93. The molecule has 0 saturated carbocycles. The van der Waals surface area contributed by atoms with Crippen LogP contribution in [0.15, 0.2) is 48.5 Å². The largest absolute Gasteiger partial charge is 0.495 e. The van der Waals surface area contributed by atoms with Crippen LogP contribution in [0.25, 0.3) is 0 Å². The SMILES string of the molecule is COc1ccccc1NC(=O)N1CCCCC(c2ccc(Cl)cc2)C1. The summed E-state index contributed by atoms with van der Waals surface area (Å²) < 4.78 is 5.31. The number of carbonyl (C=O) groups is 1. The predicted octanol–water partition coefficient (Wildman–Crippen LogP) is 5.15. The number of hydrogen-bond donors (Lipinski definition) is 1. The average molecular weight is 359 g/mol. The molecule has 0 bridgehead atoms. The summed E-state index contributed by atoms with van der Waals surface area (Å²) in [5, 5.41) is 3.72. The van der Waals surface area contributed by atoms with E-state index in [1.807, 2.05) is 41.3 Å². The molecular weight excluding hydrogens is 336 g/mol. The molecule has 25 heavy (non-hydrogen) atoms. The van der Waals surface area contributed by atoms with Crippen LogP contribution in [-0.2, 0) is 0 Å². The number of rotatable bonds is 3. The number of ether oxygens (including phenoxy) is 1. The van der Waals surface area contributed by atoms with E-state index in [1.54, 1.807) is 7.11 Å². The minimum absolute atomic E-state index is 0.0784. The lowest BCUT2D eigenvalue weighted by Gasteiger charge is -2.25. The fraction of sp³-hybridized carbons (Fsp3) is 0.350. The van der Waals surface area contributed by atoms with E-state index in [1.165, 1.54) is 5.56 Å². The first-order valence-electron chi connectivity index (χ1n) is 8.62. The Bertz CT molecular complexity index is 718. The summed E-state index contributed by atoms with van der Waals surface area (Å²) in [6.45, 7) is 1.48. The standard InChI is InChI=1S/C20H23ClN2O2/c1-25-19-8-3-2-7-18(19)22-20(24)23-13-5-4-6-16(14-23)15-9-11-17(21)12-10-15/h2-3,7-12,16H,4-6,13-14H2,1H3,(H,22,24). The summed E-state index contributed by atoms with van der Waals surface area (Å²) in [7, 11) is 1.60. The van der Waals surface area contributed by atoms with Gasteiger partial charge < -0.3 is 15.0 Å². The summed E-state index contributed by atoms with van der Waals surface area (Å²) in [5.74, 6) is 1.00. The first-order valence-corrected chi connectivity index (χ1v) is 8.99. The number of nitrogens with zero attached hydrogens (tertiary/aromatic N) is 1. The molecule has 3 rings (SSSR count). The Labute approximate surface area is 153 Å². The highest BCUT2D eigenvalue weighted by Crippen LogP contribution is 2.29. The number of nitrogens with one attached hydrogen (secondary N) is 1. The lowest BCUT2D eigenvalue weighted by Crippen LogP contribution is -2.37. The minimum atomic E-state index is -0.0784. The van der Waals surface area contributed by atoms with Gasteiger partial charge in [0.1, 0.15) is 5.75 Å². The van der Waals surface area contributed by atoms with Crippen molar-refractivity contribution in [1.29, 1.82) is 0 Å². The first kappa shape index (κ1) is 17.6. The number of halogens is 1. The molecule has 1 heterocycles. The zero-order chi connectivity index (χ0) is 17.6. The van der Waals surface area contributed by atoms with Crippen molar-refractivity contribution in [2.75, 3.05) is 25.5 Å². The topological polar surface area (TPSA) is 41.6 Å². The fourth-order valence-corrected chi connectivity index (χ4v) is 3.40. The first-order chi connectivity index (χ1) is 12.2. The lowest BCUT2D eigenvalue weighted by molar-refractivity contribution is 0.211. The van der Waals surface area contributed by atoms with Gasteiger partial charge in [0.2, 0.25) is 0 Å². The van der Waals surface area contributed by atoms with Gasteiger partial charge in [-0.05, 0) is 42.7 Å². The molecule has 0 spiro atoms. The Hall–Kier alpha value is -2.20. The average Bonchev–Trinajstić information content (AvgIpc) is 2.89. The van der Waals surface area contributed by atoms with E-state index < -0.39 is 0 Å². The molecule has 2 aromatic rings. The second-order valence-electron chi connectivity index (χ2n) is 6.32. The van der Waals surface area contributed by atoms with E-state index in [0.29, 0.717) is 23.9 Å². The molecule has 0 aliphatic carbocycles. The molecule has 2 amide bonds. The highest BCUT2D eigenvalue weighted by molar-refractivity contribution is 6.30. The number of amides is 2. The van der Waals surface area contributed by atoms with Crippen molar-refractivity contribution < 1.29 is 9.53 Å². The van der Waals surface area contributed by atoms with Gasteiger partial charge in [-0.15, -0.1) is 0 Å². The number of methoxy groups -OCH3 is 1. The third-order valence-corrected chi connectivity index (χ3v) is 4.90. The number of para-hydroxylation sites is 2. The number of hydrogen-bond acceptors (Lipinski definition) is 2. The maximum absolute atomic E-state index is 12.8. The summed E-state index contributed by atoms with van der Waals surface area (Å²) in [6.07, 6.45) is 3.22. The molecule has 0 radical (unpaired) electrons. The summed E-state index contributed by atoms with van der Waals surface area (Å²) in [4.78, 5) is 14.7. The monoisotopic (exact) mass is 358 g/mol. The van der Waals surface area contributed by atoms with Crippen LogP contribution in [0.5, 0.6) is 5.75 Å². The predicted molar refractivity (Wildman–Crippen MR) is 102 cm³/mol. The number of anilines is 1. The van der Waals surface area contributed by atoms with E-state index in [4.69, 9.17) is 16.3 Å². The molecule has 2 aromatic carbocycles. The molecule has 132 valence electrons. The van der Waals surface area contributed by atoms with Crippen LogP contribution in [0, 0.1) is 0 Å². The number of likely N-dealkylation sites (tertiary alicyclic amines) is 1. The molecule has 1 aliphatic rings.